The first kappa shape index (κ1) is 7.06. The lowest BCUT2D eigenvalue weighted by atomic mass is 10.4. The molecule has 0 spiro atoms. The van der Waals surface area contributed by atoms with Crippen molar-refractivity contribution in [2.45, 2.75) is 13.8 Å². The van der Waals surface area contributed by atoms with Gasteiger partial charge >= 0.3 is 0 Å². The Bertz CT molecular complexity index is 226. The van der Waals surface area contributed by atoms with E-state index in [0.717, 1.165) is 5.82 Å². The van der Waals surface area contributed by atoms with E-state index in [4.69, 9.17) is 0 Å². The summed E-state index contributed by atoms with van der Waals surface area (Å²) in [4.78, 5) is 4.20. The van der Waals surface area contributed by atoms with Crippen LogP contribution in [0.3, 0.4) is 0 Å². The Labute approximate surface area is 61.2 Å². The van der Waals surface area contributed by atoms with Crippen LogP contribution in [0.1, 0.15) is 12.5 Å². The van der Waals surface area contributed by atoms with Crippen molar-refractivity contribution in [1.82, 2.24) is 4.57 Å². The lowest BCUT2D eigenvalue weighted by Crippen LogP contribution is -1.82. The first-order valence-electron chi connectivity index (χ1n) is 3.36. The lowest BCUT2D eigenvalue weighted by molar-refractivity contribution is 0.923. The zero-order valence-electron chi connectivity index (χ0n) is 6.63. The molecule has 0 bridgehead atoms. The molecule has 1 rings (SSSR count). The molecule has 0 N–H and O–H groups in total. The number of aromatic nitrogens is 1. The van der Waals surface area contributed by atoms with E-state index in [1.807, 2.05) is 30.9 Å². The first-order chi connectivity index (χ1) is 4.75. The fraction of sp³-hybridized carbons (Fsp3) is 0.375. The Morgan fingerprint density at radius 2 is 2.30 bits per heavy atom. The third-order valence-electron chi connectivity index (χ3n) is 1.49. The van der Waals surface area contributed by atoms with Crippen LogP contribution >= 0.6 is 0 Å². The van der Waals surface area contributed by atoms with Gasteiger partial charge in [0, 0.05) is 19.5 Å². The van der Waals surface area contributed by atoms with Crippen molar-refractivity contribution in [3.8, 4) is 0 Å². The van der Waals surface area contributed by atoms with Crippen molar-refractivity contribution in [2.75, 3.05) is 0 Å². The summed E-state index contributed by atoms with van der Waals surface area (Å²) in [5.74, 6) is 1.04. The first-order valence-corrected chi connectivity index (χ1v) is 3.36. The van der Waals surface area contributed by atoms with E-state index >= 15 is 0 Å². The van der Waals surface area contributed by atoms with Gasteiger partial charge in [-0.05, 0) is 25.5 Å². The summed E-state index contributed by atoms with van der Waals surface area (Å²) in [6.07, 6.45) is 3.82. The molecule has 0 amide bonds. The third-order valence-corrected chi connectivity index (χ3v) is 1.49. The molecule has 0 aromatic carbocycles. The summed E-state index contributed by atoms with van der Waals surface area (Å²) in [6.45, 7) is 3.98. The number of aryl methyl sites for hydroxylation is 2. The SMILES string of the molecule is C/C=N\c1c(C)ccn1C. The number of hydrogen-bond acceptors (Lipinski definition) is 1. The molecule has 0 saturated heterocycles. The van der Waals surface area contributed by atoms with Gasteiger partial charge in [0.25, 0.3) is 0 Å². The summed E-state index contributed by atoms with van der Waals surface area (Å²) in [5.41, 5.74) is 1.22. The van der Waals surface area contributed by atoms with Gasteiger partial charge in [-0.2, -0.15) is 0 Å². The van der Waals surface area contributed by atoms with Crippen LogP contribution in [0, 0.1) is 6.92 Å². The van der Waals surface area contributed by atoms with Crippen LogP contribution in [0.15, 0.2) is 17.3 Å². The number of nitrogens with zero attached hydrogens (tertiary/aromatic N) is 2. The lowest BCUT2D eigenvalue weighted by Gasteiger charge is -1.95. The van der Waals surface area contributed by atoms with Crippen molar-refractivity contribution >= 4 is 12.0 Å². The standard InChI is InChI=1S/C8H12N2/c1-4-9-8-7(2)5-6-10(8)3/h4-6H,1-3H3/b9-4-. The van der Waals surface area contributed by atoms with Crippen molar-refractivity contribution in [3.05, 3.63) is 17.8 Å². The molecule has 2 nitrogen and oxygen atoms in total. The second-order valence-corrected chi connectivity index (χ2v) is 2.32. The number of rotatable bonds is 1. The minimum Gasteiger partial charge on any atom is -0.336 e. The minimum atomic E-state index is 1.04. The monoisotopic (exact) mass is 136 g/mol. The number of hydrogen-bond donors (Lipinski definition) is 0. The average molecular weight is 136 g/mol. The van der Waals surface area contributed by atoms with E-state index in [0.29, 0.717) is 0 Å². The van der Waals surface area contributed by atoms with Gasteiger partial charge in [0.15, 0.2) is 0 Å². The molecule has 0 aliphatic heterocycles. The molecule has 54 valence electrons. The van der Waals surface area contributed by atoms with E-state index in [1.165, 1.54) is 5.56 Å². The van der Waals surface area contributed by atoms with Gasteiger partial charge in [-0.15, -0.1) is 0 Å². The molecule has 1 heterocycles. The summed E-state index contributed by atoms with van der Waals surface area (Å²) in [6, 6.07) is 2.06. The highest BCUT2D eigenvalue weighted by atomic mass is 15.0. The van der Waals surface area contributed by atoms with Crippen LogP contribution in [0.2, 0.25) is 0 Å². The van der Waals surface area contributed by atoms with E-state index < -0.39 is 0 Å². The van der Waals surface area contributed by atoms with Crippen molar-refractivity contribution in [1.29, 1.82) is 0 Å². The Morgan fingerprint density at radius 3 is 2.70 bits per heavy atom. The highest BCUT2D eigenvalue weighted by Gasteiger charge is 1.97. The third kappa shape index (κ3) is 1.10. The van der Waals surface area contributed by atoms with Gasteiger partial charge in [0.2, 0.25) is 0 Å². The molecule has 0 unspecified atom stereocenters. The van der Waals surface area contributed by atoms with Gasteiger partial charge in [0.1, 0.15) is 5.82 Å². The maximum Gasteiger partial charge on any atom is 0.134 e. The zero-order chi connectivity index (χ0) is 7.56. The van der Waals surface area contributed by atoms with Crippen LogP contribution in [-0.2, 0) is 7.05 Å². The highest BCUT2D eigenvalue weighted by molar-refractivity contribution is 5.60. The summed E-state index contributed by atoms with van der Waals surface area (Å²) >= 11 is 0. The van der Waals surface area contributed by atoms with Gasteiger partial charge in [-0.25, -0.2) is 4.99 Å². The molecular formula is C8H12N2. The molecule has 0 aliphatic rings. The maximum atomic E-state index is 4.20. The zero-order valence-corrected chi connectivity index (χ0v) is 6.63. The molecular weight excluding hydrogens is 124 g/mol. The van der Waals surface area contributed by atoms with Crippen LogP contribution < -0.4 is 0 Å². The van der Waals surface area contributed by atoms with Crippen molar-refractivity contribution in [3.63, 3.8) is 0 Å². The molecule has 10 heavy (non-hydrogen) atoms. The van der Waals surface area contributed by atoms with Crippen LogP contribution in [0.5, 0.6) is 0 Å². The Hall–Kier alpha value is -1.05. The minimum absolute atomic E-state index is 1.04. The predicted molar refractivity (Wildman–Crippen MR) is 44.0 cm³/mol. The van der Waals surface area contributed by atoms with Crippen LogP contribution in [0.4, 0.5) is 5.82 Å². The normalized spacial score (nSPS) is 11.1. The molecule has 0 radical (unpaired) electrons. The van der Waals surface area contributed by atoms with Crippen LogP contribution in [-0.4, -0.2) is 10.8 Å². The molecule has 0 atom stereocenters. The average Bonchev–Trinajstić information content (AvgIpc) is 2.20. The second kappa shape index (κ2) is 2.69. The fourth-order valence-corrected chi connectivity index (χ4v) is 0.962. The Kier molecular flexibility index (Phi) is 1.90. The predicted octanol–water partition coefficient (Wildman–Crippen LogP) is 2.06. The van der Waals surface area contributed by atoms with E-state index in [9.17, 15) is 0 Å². The second-order valence-electron chi connectivity index (χ2n) is 2.32. The van der Waals surface area contributed by atoms with Crippen LogP contribution in [0.25, 0.3) is 0 Å². The Balaban J connectivity index is 3.10. The van der Waals surface area contributed by atoms with Crippen molar-refractivity contribution in [2.24, 2.45) is 12.0 Å². The topological polar surface area (TPSA) is 17.3 Å². The molecule has 0 fully saturated rings. The highest BCUT2D eigenvalue weighted by Crippen LogP contribution is 2.17. The Morgan fingerprint density at radius 1 is 1.60 bits per heavy atom. The summed E-state index contributed by atoms with van der Waals surface area (Å²) < 4.78 is 2.01. The molecule has 0 aliphatic carbocycles. The van der Waals surface area contributed by atoms with E-state index in [1.54, 1.807) is 0 Å². The fourth-order valence-electron chi connectivity index (χ4n) is 0.962. The van der Waals surface area contributed by atoms with Gasteiger partial charge in [0.05, 0.1) is 0 Å². The van der Waals surface area contributed by atoms with Crippen molar-refractivity contribution < 1.29 is 0 Å². The molecule has 0 saturated carbocycles. The summed E-state index contributed by atoms with van der Waals surface area (Å²) in [7, 11) is 2.00. The summed E-state index contributed by atoms with van der Waals surface area (Å²) in [5, 5.41) is 0. The molecule has 2 heteroatoms. The van der Waals surface area contributed by atoms with Gasteiger partial charge < -0.3 is 4.57 Å². The molecule has 1 aromatic rings. The van der Waals surface area contributed by atoms with Gasteiger partial charge in [-0.1, -0.05) is 0 Å². The number of aliphatic imine (C=N–C) groups is 1. The van der Waals surface area contributed by atoms with E-state index in [2.05, 4.69) is 18.0 Å². The smallest absolute Gasteiger partial charge is 0.134 e. The maximum absolute atomic E-state index is 4.20. The molecule has 1 aromatic heterocycles. The van der Waals surface area contributed by atoms with Gasteiger partial charge in [-0.3, -0.25) is 0 Å². The van der Waals surface area contributed by atoms with E-state index in [-0.39, 0.29) is 0 Å². The quantitative estimate of drug-likeness (QED) is 0.526. The largest absolute Gasteiger partial charge is 0.336 e.